The highest BCUT2D eigenvalue weighted by atomic mass is 35.5. The summed E-state index contributed by atoms with van der Waals surface area (Å²) < 4.78 is 6.20. The molecule has 1 aromatic carbocycles. The van der Waals surface area contributed by atoms with E-state index in [1.807, 2.05) is 19.1 Å². The normalized spacial score (nSPS) is 21.5. The van der Waals surface area contributed by atoms with Crippen molar-refractivity contribution in [1.29, 1.82) is 0 Å². The fourth-order valence-corrected chi connectivity index (χ4v) is 4.00. The van der Waals surface area contributed by atoms with E-state index in [1.165, 1.54) is 16.7 Å². The van der Waals surface area contributed by atoms with Gasteiger partial charge in [0.25, 0.3) is 0 Å². The molecule has 1 N–H and O–H groups in total. The van der Waals surface area contributed by atoms with Crippen molar-refractivity contribution in [3.63, 3.8) is 0 Å². The number of aliphatic hydroxyl groups is 1. The summed E-state index contributed by atoms with van der Waals surface area (Å²) >= 11 is 5.91. The minimum Gasteiger partial charge on any atom is -0.390 e. The summed E-state index contributed by atoms with van der Waals surface area (Å²) in [7, 11) is 0. The first-order valence-electron chi connectivity index (χ1n) is 9.95. The number of nitrogens with zero attached hydrogens (tertiary/aromatic N) is 2. The summed E-state index contributed by atoms with van der Waals surface area (Å²) in [6, 6.07) is 10.4. The molecule has 5 heteroatoms. The number of rotatable bonds is 5. The molecule has 2 aromatic rings. The molecule has 1 fully saturated rings. The summed E-state index contributed by atoms with van der Waals surface area (Å²) in [5.74, 6) is 0. The molecule has 1 saturated heterocycles. The summed E-state index contributed by atoms with van der Waals surface area (Å²) in [6.07, 6.45) is 8.59. The van der Waals surface area contributed by atoms with E-state index >= 15 is 0 Å². The number of halogens is 1. The van der Waals surface area contributed by atoms with Gasteiger partial charge in [-0.1, -0.05) is 42.0 Å². The van der Waals surface area contributed by atoms with Crippen LogP contribution in [0.15, 0.2) is 42.6 Å². The number of piperidine rings is 1. The topological polar surface area (TPSA) is 45.6 Å². The van der Waals surface area contributed by atoms with Gasteiger partial charge in [-0.05, 0) is 55.0 Å². The number of likely N-dealkylation sites (tertiary alicyclic amines) is 1. The van der Waals surface area contributed by atoms with Crippen LogP contribution >= 0.6 is 11.6 Å². The quantitative estimate of drug-likeness (QED) is 0.788. The molecule has 1 aliphatic carbocycles. The van der Waals surface area contributed by atoms with Gasteiger partial charge in [-0.3, -0.25) is 9.88 Å². The summed E-state index contributed by atoms with van der Waals surface area (Å²) in [5.41, 5.74) is 4.15. The van der Waals surface area contributed by atoms with Gasteiger partial charge in [0.05, 0.1) is 29.0 Å². The highest BCUT2D eigenvalue weighted by Crippen LogP contribution is 2.33. The molecule has 4 nitrogen and oxygen atoms in total. The Labute approximate surface area is 171 Å². The first-order chi connectivity index (χ1) is 13.5. The summed E-state index contributed by atoms with van der Waals surface area (Å²) in [5, 5.41) is 10.8. The highest BCUT2D eigenvalue weighted by molar-refractivity contribution is 6.30. The average molecular weight is 399 g/mol. The third-order valence-corrected chi connectivity index (χ3v) is 5.93. The second-order valence-electron chi connectivity index (χ2n) is 8.14. The minimum atomic E-state index is -0.508. The maximum absolute atomic E-state index is 10.2. The van der Waals surface area contributed by atoms with E-state index < -0.39 is 5.60 Å². The van der Waals surface area contributed by atoms with Crippen LogP contribution in [0.25, 0.3) is 6.08 Å². The van der Waals surface area contributed by atoms with Gasteiger partial charge >= 0.3 is 0 Å². The van der Waals surface area contributed by atoms with Gasteiger partial charge in [0.15, 0.2) is 0 Å². The van der Waals surface area contributed by atoms with Gasteiger partial charge < -0.3 is 9.84 Å². The Morgan fingerprint density at radius 2 is 2.07 bits per heavy atom. The highest BCUT2D eigenvalue weighted by Gasteiger charge is 2.27. The lowest BCUT2D eigenvalue weighted by molar-refractivity contribution is -0.00733. The second kappa shape index (κ2) is 8.34. The smallest absolute Gasteiger partial charge is 0.0896 e. The van der Waals surface area contributed by atoms with E-state index in [4.69, 9.17) is 16.3 Å². The van der Waals surface area contributed by atoms with Gasteiger partial charge in [0.1, 0.15) is 0 Å². The molecule has 4 rings (SSSR count). The Morgan fingerprint density at radius 3 is 2.82 bits per heavy atom. The van der Waals surface area contributed by atoms with E-state index in [9.17, 15) is 5.11 Å². The molecular formula is C23H27ClN2O2. The van der Waals surface area contributed by atoms with E-state index in [0.717, 1.165) is 44.6 Å². The molecule has 1 aliphatic heterocycles. The first-order valence-corrected chi connectivity index (χ1v) is 10.3. The van der Waals surface area contributed by atoms with Crippen molar-refractivity contribution < 1.29 is 9.84 Å². The van der Waals surface area contributed by atoms with Crippen LogP contribution < -0.4 is 0 Å². The zero-order chi connectivity index (χ0) is 19.6. The minimum absolute atomic E-state index is 0.0412. The maximum Gasteiger partial charge on any atom is 0.0896 e. The Balaban J connectivity index is 1.43. The third kappa shape index (κ3) is 4.81. The predicted octanol–water partition coefficient (Wildman–Crippen LogP) is 4.76. The Hall–Kier alpha value is -1.72. The number of fused-ring (bicyclic) bond motifs is 1. The van der Waals surface area contributed by atoms with Gasteiger partial charge in [0, 0.05) is 25.8 Å². The Morgan fingerprint density at radius 1 is 1.25 bits per heavy atom. The molecule has 1 aromatic heterocycles. The third-order valence-electron chi connectivity index (χ3n) is 5.71. The maximum atomic E-state index is 10.2. The Kier molecular flexibility index (Phi) is 5.83. The lowest BCUT2D eigenvalue weighted by Gasteiger charge is -2.36. The van der Waals surface area contributed by atoms with Crippen molar-refractivity contribution in [1.82, 2.24) is 9.88 Å². The fraction of sp³-hybridized carbons (Fsp3) is 0.435. The van der Waals surface area contributed by atoms with Crippen LogP contribution in [-0.4, -0.2) is 33.7 Å². The standard InChI is InChI=1S/C23H27ClN2O2/c1-23(27)9-11-26(12-10-23)15-17-5-6-18-3-2-4-22(21(18)13-17)28-16-20-8-7-19(24)14-25-20/h2-3,5-8,13-14,22,27H,4,9-12,15-16H2,1H3. The molecular weight excluding hydrogens is 372 g/mol. The molecule has 28 heavy (non-hydrogen) atoms. The van der Waals surface area contributed by atoms with Gasteiger partial charge in [-0.15, -0.1) is 0 Å². The zero-order valence-electron chi connectivity index (χ0n) is 16.3. The van der Waals surface area contributed by atoms with Gasteiger partial charge in [-0.25, -0.2) is 0 Å². The van der Waals surface area contributed by atoms with Gasteiger partial charge in [-0.2, -0.15) is 0 Å². The molecule has 0 saturated carbocycles. The van der Waals surface area contributed by atoms with Crippen LogP contribution in [0.4, 0.5) is 0 Å². The van der Waals surface area contributed by atoms with Crippen LogP contribution in [0.1, 0.15) is 54.7 Å². The lowest BCUT2D eigenvalue weighted by atomic mass is 9.91. The molecule has 0 amide bonds. The molecule has 0 radical (unpaired) electrons. The lowest BCUT2D eigenvalue weighted by Crippen LogP contribution is -2.41. The fourth-order valence-electron chi connectivity index (χ4n) is 3.89. The van der Waals surface area contributed by atoms with Crippen molar-refractivity contribution in [3.05, 3.63) is 70.0 Å². The second-order valence-corrected chi connectivity index (χ2v) is 8.58. The van der Waals surface area contributed by atoms with Crippen LogP contribution in [-0.2, 0) is 17.9 Å². The van der Waals surface area contributed by atoms with Crippen molar-refractivity contribution >= 4 is 17.7 Å². The van der Waals surface area contributed by atoms with E-state index in [0.29, 0.717) is 11.6 Å². The summed E-state index contributed by atoms with van der Waals surface area (Å²) in [4.78, 5) is 6.75. The van der Waals surface area contributed by atoms with Crippen molar-refractivity contribution in [3.8, 4) is 0 Å². The zero-order valence-corrected chi connectivity index (χ0v) is 17.0. The number of aromatic nitrogens is 1. The monoisotopic (exact) mass is 398 g/mol. The van der Waals surface area contributed by atoms with Crippen LogP contribution in [0.3, 0.4) is 0 Å². The SMILES string of the molecule is CC1(O)CCN(Cc2ccc3c(c2)C(OCc2ccc(Cl)cn2)CC=C3)CC1. The Bertz CT molecular complexity index is 838. The van der Waals surface area contributed by atoms with E-state index in [2.05, 4.69) is 40.2 Å². The van der Waals surface area contributed by atoms with Gasteiger partial charge in [0.2, 0.25) is 0 Å². The number of hydrogen-bond acceptors (Lipinski definition) is 4. The molecule has 0 bridgehead atoms. The number of ether oxygens (including phenoxy) is 1. The van der Waals surface area contributed by atoms with Crippen LogP contribution in [0.2, 0.25) is 5.02 Å². The summed E-state index contributed by atoms with van der Waals surface area (Å²) in [6.45, 7) is 5.20. The van der Waals surface area contributed by atoms with E-state index in [1.54, 1.807) is 6.20 Å². The van der Waals surface area contributed by atoms with Crippen molar-refractivity contribution in [2.24, 2.45) is 0 Å². The first kappa shape index (κ1) is 19.6. The largest absolute Gasteiger partial charge is 0.390 e. The molecule has 0 spiro atoms. The molecule has 1 atom stereocenters. The van der Waals surface area contributed by atoms with Crippen LogP contribution in [0, 0.1) is 0 Å². The number of pyridine rings is 1. The number of hydrogen-bond donors (Lipinski definition) is 1. The van der Waals surface area contributed by atoms with E-state index in [-0.39, 0.29) is 6.10 Å². The number of benzene rings is 1. The van der Waals surface area contributed by atoms with Crippen molar-refractivity contribution in [2.75, 3.05) is 13.1 Å². The molecule has 2 heterocycles. The van der Waals surface area contributed by atoms with Crippen LogP contribution in [0.5, 0.6) is 0 Å². The molecule has 2 aliphatic rings. The molecule has 1 unspecified atom stereocenters. The molecule has 148 valence electrons. The van der Waals surface area contributed by atoms with Crippen molar-refractivity contribution in [2.45, 2.75) is 51.0 Å². The predicted molar refractivity (Wildman–Crippen MR) is 112 cm³/mol. The average Bonchev–Trinajstić information content (AvgIpc) is 2.69.